The molecule has 2 aromatic rings. The van der Waals surface area contributed by atoms with E-state index in [-0.39, 0.29) is 17.9 Å². The number of rotatable bonds is 6. The molecule has 0 aliphatic heterocycles. The van der Waals surface area contributed by atoms with Gasteiger partial charge in [-0.05, 0) is 48.6 Å². The SMILES string of the molecule is NC[C@H](c1ccc(OCc2ccccc2)cc1)C1CCCC[C@H]1O. The molecule has 24 heavy (non-hydrogen) atoms. The maximum Gasteiger partial charge on any atom is 0.119 e. The molecule has 1 fully saturated rings. The summed E-state index contributed by atoms with van der Waals surface area (Å²) < 4.78 is 5.85. The second-order valence-electron chi connectivity index (χ2n) is 6.70. The molecular formula is C21H27NO2. The first-order chi connectivity index (χ1) is 11.8. The molecule has 3 heteroatoms. The summed E-state index contributed by atoms with van der Waals surface area (Å²) >= 11 is 0. The summed E-state index contributed by atoms with van der Waals surface area (Å²) in [5, 5.41) is 10.3. The van der Waals surface area contributed by atoms with Gasteiger partial charge in [0, 0.05) is 5.92 Å². The van der Waals surface area contributed by atoms with E-state index < -0.39 is 0 Å². The average Bonchev–Trinajstić information content (AvgIpc) is 2.64. The lowest BCUT2D eigenvalue weighted by atomic mass is 9.75. The minimum Gasteiger partial charge on any atom is -0.489 e. The van der Waals surface area contributed by atoms with E-state index in [1.165, 1.54) is 12.0 Å². The van der Waals surface area contributed by atoms with Crippen LogP contribution in [-0.4, -0.2) is 17.8 Å². The van der Waals surface area contributed by atoms with Crippen LogP contribution in [0.15, 0.2) is 54.6 Å². The Hall–Kier alpha value is -1.84. The Labute approximate surface area is 144 Å². The van der Waals surface area contributed by atoms with Crippen LogP contribution in [0.2, 0.25) is 0 Å². The highest BCUT2D eigenvalue weighted by atomic mass is 16.5. The van der Waals surface area contributed by atoms with Crippen molar-refractivity contribution >= 4 is 0 Å². The van der Waals surface area contributed by atoms with Crippen LogP contribution in [0.25, 0.3) is 0 Å². The molecule has 0 amide bonds. The van der Waals surface area contributed by atoms with Crippen molar-refractivity contribution in [1.29, 1.82) is 0 Å². The highest BCUT2D eigenvalue weighted by Crippen LogP contribution is 2.36. The fourth-order valence-corrected chi connectivity index (χ4v) is 3.72. The summed E-state index contributed by atoms with van der Waals surface area (Å²) in [6.07, 6.45) is 4.06. The van der Waals surface area contributed by atoms with Crippen LogP contribution >= 0.6 is 0 Å². The maximum atomic E-state index is 10.3. The fourth-order valence-electron chi connectivity index (χ4n) is 3.72. The standard InChI is InChI=1S/C21H27NO2/c22-14-20(19-8-4-5-9-21(19)23)17-10-12-18(13-11-17)24-15-16-6-2-1-3-7-16/h1-3,6-7,10-13,19-21,23H,4-5,8-9,14-15,22H2/t19?,20-,21-/m1/s1. The van der Waals surface area contributed by atoms with Crippen LogP contribution in [0.3, 0.4) is 0 Å². The molecule has 1 unspecified atom stereocenters. The Morgan fingerprint density at radius 3 is 2.38 bits per heavy atom. The van der Waals surface area contributed by atoms with Gasteiger partial charge in [0.15, 0.2) is 0 Å². The van der Waals surface area contributed by atoms with E-state index in [2.05, 4.69) is 24.3 Å². The van der Waals surface area contributed by atoms with Crippen molar-refractivity contribution < 1.29 is 9.84 Å². The lowest BCUT2D eigenvalue weighted by Gasteiger charge is -2.34. The minimum absolute atomic E-state index is 0.221. The maximum absolute atomic E-state index is 10.3. The molecule has 1 aliphatic carbocycles. The highest BCUT2D eigenvalue weighted by Gasteiger charge is 2.30. The summed E-state index contributed by atoms with van der Waals surface area (Å²) in [4.78, 5) is 0. The molecule has 0 spiro atoms. The van der Waals surface area contributed by atoms with E-state index in [9.17, 15) is 5.11 Å². The lowest BCUT2D eigenvalue weighted by Crippen LogP contribution is -2.33. The molecule has 1 saturated carbocycles. The molecule has 2 aromatic carbocycles. The van der Waals surface area contributed by atoms with E-state index in [0.29, 0.717) is 13.2 Å². The van der Waals surface area contributed by atoms with Crippen LogP contribution in [0.1, 0.15) is 42.7 Å². The highest BCUT2D eigenvalue weighted by molar-refractivity contribution is 5.30. The molecule has 3 rings (SSSR count). The Kier molecular flexibility index (Phi) is 5.89. The predicted molar refractivity (Wildman–Crippen MR) is 97.0 cm³/mol. The normalized spacial score (nSPS) is 22.1. The van der Waals surface area contributed by atoms with E-state index in [4.69, 9.17) is 10.5 Å². The van der Waals surface area contributed by atoms with Gasteiger partial charge in [-0.3, -0.25) is 0 Å². The largest absolute Gasteiger partial charge is 0.489 e. The second-order valence-corrected chi connectivity index (χ2v) is 6.70. The second kappa shape index (κ2) is 8.32. The van der Waals surface area contributed by atoms with Crippen molar-refractivity contribution in [3.63, 3.8) is 0 Å². The van der Waals surface area contributed by atoms with Crippen molar-refractivity contribution in [3.8, 4) is 5.75 Å². The Morgan fingerprint density at radius 2 is 1.71 bits per heavy atom. The van der Waals surface area contributed by atoms with Crippen molar-refractivity contribution in [2.24, 2.45) is 11.7 Å². The van der Waals surface area contributed by atoms with E-state index in [1.807, 2.05) is 30.3 Å². The first-order valence-corrected chi connectivity index (χ1v) is 8.92. The number of nitrogens with two attached hydrogens (primary N) is 1. The zero-order valence-corrected chi connectivity index (χ0v) is 14.1. The quantitative estimate of drug-likeness (QED) is 0.848. The predicted octanol–water partition coefficient (Wildman–Crippen LogP) is 3.86. The van der Waals surface area contributed by atoms with Gasteiger partial charge in [0.05, 0.1) is 6.10 Å². The van der Waals surface area contributed by atoms with E-state index in [0.717, 1.165) is 30.6 Å². The van der Waals surface area contributed by atoms with Crippen LogP contribution in [0, 0.1) is 5.92 Å². The Bertz CT molecular complexity index is 611. The Balaban J connectivity index is 1.64. The molecule has 128 valence electrons. The van der Waals surface area contributed by atoms with Gasteiger partial charge in [0.2, 0.25) is 0 Å². The van der Waals surface area contributed by atoms with Crippen molar-refractivity contribution in [2.45, 2.75) is 44.3 Å². The van der Waals surface area contributed by atoms with Crippen LogP contribution < -0.4 is 10.5 Å². The molecule has 0 heterocycles. The fraction of sp³-hybridized carbons (Fsp3) is 0.429. The van der Waals surface area contributed by atoms with Crippen LogP contribution in [-0.2, 0) is 6.61 Å². The van der Waals surface area contributed by atoms with Gasteiger partial charge >= 0.3 is 0 Å². The number of aliphatic hydroxyl groups excluding tert-OH is 1. The van der Waals surface area contributed by atoms with E-state index >= 15 is 0 Å². The minimum atomic E-state index is -0.221. The van der Waals surface area contributed by atoms with E-state index in [1.54, 1.807) is 0 Å². The monoisotopic (exact) mass is 325 g/mol. The average molecular weight is 325 g/mol. The van der Waals surface area contributed by atoms with Crippen molar-refractivity contribution in [2.75, 3.05) is 6.54 Å². The van der Waals surface area contributed by atoms with Crippen LogP contribution in [0.4, 0.5) is 0 Å². The molecular weight excluding hydrogens is 298 g/mol. The molecule has 1 aliphatic rings. The molecule has 0 aromatic heterocycles. The number of hydrogen-bond acceptors (Lipinski definition) is 3. The molecule has 0 saturated heterocycles. The van der Waals surface area contributed by atoms with Gasteiger partial charge in [-0.2, -0.15) is 0 Å². The molecule has 0 bridgehead atoms. The third-order valence-corrected chi connectivity index (χ3v) is 5.11. The van der Waals surface area contributed by atoms with Crippen molar-refractivity contribution in [3.05, 3.63) is 65.7 Å². The molecule has 0 radical (unpaired) electrons. The van der Waals surface area contributed by atoms with Gasteiger partial charge in [-0.1, -0.05) is 55.3 Å². The number of aliphatic hydroxyl groups is 1. The molecule has 3 nitrogen and oxygen atoms in total. The lowest BCUT2D eigenvalue weighted by molar-refractivity contribution is 0.0561. The molecule has 3 atom stereocenters. The first kappa shape index (κ1) is 17.0. The summed E-state index contributed by atoms with van der Waals surface area (Å²) in [6, 6.07) is 18.4. The number of benzene rings is 2. The Morgan fingerprint density at radius 1 is 1.00 bits per heavy atom. The summed E-state index contributed by atoms with van der Waals surface area (Å²) in [5.41, 5.74) is 8.39. The van der Waals surface area contributed by atoms with Gasteiger partial charge < -0.3 is 15.6 Å². The number of ether oxygens (including phenoxy) is 1. The third-order valence-electron chi connectivity index (χ3n) is 5.11. The summed E-state index contributed by atoms with van der Waals surface area (Å²) in [5.74, 6) is 1.37. The summed E-state index contributed by atoms with van der Waals surface area (Å²) in [6.45, 7) is 1.15. The van der Waals surface area contributed by atoms with Gasteiger partial charge in [0.1, 0.15) is 12.4 Å². The van der Waals surface area contributed by atoms with Crippen LogP contribution in [0.5, 0.6) is 5.75 Å². The third kappa shape index (κ3) is 4.16. The smallest absolute Gasteiger partial charge is 0.119 e. The zero-order chi connectivity index (χ0) is 16.8. The van der Waals surface area contributed by atoms with Crippen molar-refractivity contribution in [1.82, 2.24) is 0 Å². The first-order valence-electron chi connectivity index (χ1n) is 8.92. The summed E-state index contributed by atoms with van der Waals surface area (Å²) in [7, 11) is 0. The van der Waals surface area contributed by atoms with Gasteiger partial charge in [0.25, 0.3) is 0 Å². The van der Waals surface area contributed by atoms with Gasteiger partial charge in [-0.25, -0.2) is 0 Å². The van der Waals surface area contributed by atoms with Gasteiger partial charge in [-0.15, -0.1) is 0 Å². The number of hydrogen-bond donors (Lipinski definition) is 2. The topological polar surface area (TPSA) is 55.5 Å². The molecule has 3 N–H and O–H groups in total. The zero-order valence-electron chi connectivity index (χ0n) is 14.1.